The summed E-state index contributed by atoms with van der Waals surface area (Å²) in [5.41, 5.74) is 1.10. The molecule has 2 fully saturated rings. The number of likely N-dealkylation sites (tertiary alicyclic amines) is 1. The van der Waals surface area contributed by atoms with Gasteiger partial charge in [-0.15, -0.1) is 12.4 Å². The monoisotopic (exact) mass is 352 g/mol. The van der Waals surface area contributed by atoms with Crippen LogP contribution in [0.3, 0.4) is 0 Å². The molecule has 0 unspecified atom stereocenters. The zero-order valence-electron chi connectivity index (χ0n) is 14.5. The molecule has 134 valence electrons. The zero-order chi connectivity index (χ0) is 16.1. The molecule has 0 radical (unpaired) electrons. The summed E-state index contributed by atoms with van der Waals surface area (Å²) in [7, 11) is 1.71. The summed E-state index contributed by atoms with van der Waals surface area (Å²) < 4.78 is 5.41. The first-order valence-electron chi connectivity index (χ1n) is 8.79. The average molecular weight is 353 g/mol. The van der Waals surface area contributed by atoms with Gasteiger partial charge in [-0.2, -0.15) is 0 Å². The maximum Gasteiger partial charge on any atom is 0.231 e. The van der Waals surface area contributed by atoms with Crippen LogP contribution >= 0.6 is 12.4 Å². The fourth-order valence-corrected chi connectivity index (χ4v) is 4.08. The van der Waals surface area contributed by atoms with Gasteiger partial charge in [0, 0.05) is 20.2 Å². The molecule has 2 heterocycles. The van der Waals surface area contributed by atoms with Gasteiger partial charge in [0.2, 0.25) is 5.91 Å². The SMILES string of the molecule is COCC1(C(=O)N2CCC(c3ccccc3)CC2)CCNCC1.Cl. The van der Waals surface area contributed by atoms with E-state index in [-0.39, 0.29) is 17.8 Å². The lowest BCUT2D eigenvalue weighted by molar-refractivity contribution is -0.148. The van der Waals surface area contributed by atoms with Crippen LogP contribution in [0, 0.1) is 5.41 Å². The Hall–Kier alpha value is -1.10. The molecule has 2 saturated heterocycles. The Bertz CT molecular complexity index is 504. The summed E-state index contributed by atoms with van der Waals surface area (Å²) in [6.07, 6.45) is 3.91. The number of carbonyl (C=O) groups is 1. The number of benzene rings is 1. The summed E-state index contributed by atoms with van der Waals surface area (Å²) in [5, 5.41) is 3.36. The molecule has 0 aliphatic carbocycles. The molecule has 0 atom stereocenters. The molecule has 2 aliphatic rings. The van der Waals surface area contributed by atoms with Crippen molar-refractivity contribution in [1.29, 1.82) is 0 Å². The highest BCUT2D eigenvalue weighted by molar-refractivity contribution is 5.85. The Morgan fingerprint density at radius 2 is 1.83 bits per heavy atom. The number of amides is 1. The van der Waals surface area contributed by atoms with E-state index in [2.05, 4.69) is 40.5 Å². The molecule has 1 aromatic rings. The molecule has 3 rings (SSSR count). The quantitative estimate of drug-likeness (QED) is 0.906. The zero-order valence-corrected chi connectivity index (χ0v) is 15.3. The van der Waals surface area contributed by atoms with Crippen LogP contribution in [-0.4, -0.2) is 50.7 Å². The van der Waals surface area contributed by atoms with Gasteiger partial charge in [0.25, 0.3) is 0 Å². The number of ether oxygens (including phenoxy) is 1. The van der Waals surface area contributed by atoms with E-state index >= 15 is 0 Å². The number of hydrogen-bond acceptors (Lipinski definition) is 3. The van der Waals surface area contributed by atoms with Crippen LogP contribution in [0.5, 0.6) is 0 Å². The molecule has 0 bridgehead atoms. The summed E-state index contributed by atoms with van der Waals surface area (Å²) in [5.74, 6) is 0.902. The van der Waals surface area contributed by atoms with Crippen molar-refractivity contribution in [3.63, 3.8) is 0 Å². The van der Waals surface area contributed by atoms with Crippen molar-refractivity contribution in [2.75, 3.05) is 39.9 Å². The molecule has 0 saturated carbocycles. The third kappa shape index (κ3) is 4.11. The fourth-order valence-electron chi connectivity index (χ4n) is 4.08. The molecule has 1 aromatic carbocycles. The van der Waals surface area contributed by atoms with Crippen LogP contribution < -0.4 is 5.32 Å². The van der Waals surface area contributed by atoms with E-state index in [9.17, 15) is 4.79 Å². The van der Waals surface area contributed by atoms with Gasteiger partial charge in [-0.3, -0.25) is 4.79 Å². The van der Waals surface area contributed by atoms with Gasteiger partial charge in [-0.25, -0.2) is 0 Å². The Morgan fingerprint density at radius 1 is 1.21 bits per heavy atom. The predicted molar refractivity (Wildman–Crippen MR) is 98.7 cm³/mol. The Morgan fingerprint density at radius 3 is 2.42 bits per heavy atom. The predicted octanol–water partition coefficient (Wildman–Crippen LogP) is 2.83. The van der Waals surface area contributed by atoms with Crippen LogP contribution in [0.4, 0.5) is 0 Å². The lowest BCUT2D eigenvalue weighted by Gasteiger charge is -2.42. The summed E-state index contributed by atoms with van der Waals surface area (Å²) in [6, 6.07) is 10.7. The van der Waals surface area contributed by atoms with Crippen molar-refractivity contribution in [3.05, 3.63) is 35.9 Å². The first kappa shape index (κ1) is 19.2. The number of halogens is 1. The third-order valence-corrected chi connectivity index (χ3v) is 5.49. The minimum atomic E-state index is -0.306. The van der Waals surface area contributed by atoms with Gasteiger partial charge >= 0.3 is 0 Å². The highest BCUT2D eigenvalue weighted by atomic mass is 35.5. The van der Waals surface area contributed by atoms with Gasteiger partial charge in [-0.05, 0) is 50.3 Å². The van der Waals surface area contributed by atoms with E-state index in [1.807, 2.05) is 0 Å². The number of methoxy groups -OCH3 is 1. The molecule has 0 spiro atoms. The minimum absolute atomic E-state index is 0. The van der Waals surface area contributed by atoms with E-state index in [1.54, 1.807) is 7.11 Å². The lowest BCUT2D eigenvalue weighted by atomic mass is 9.77. The first-order chi connectivity index (χ1) is 11.2. The van der Waals surface area contributed by atoms with Crippen molar-refractivity contribution in [2.45, 2.75) is 31.6 Å². The molecule has 1 amide bonds. The van der Waals surface area contributed by atoms with Crippen molar-refractivity contribution in [1.82, 2.24) is 10.2 Å². The number of hydrogen-bond donors (Lipinski definition) is 1. The maximum absolute atomic E-state index is 13.1. The molecule has 2 aliphatic heterocycles. The van der Waals surface area contributed by atoms with E-state index in [0.29, 0.717) is 18.4 Å². The number of carbonyl (C=O) groups excluding carboxylic acids is 1. The van der Waals surface area contributed by atoms with E-state index in [0.717, 1.165) is 51.9 Å². The normalized spacial score (nSPS) is 21.1. The average Bonchev–Trinajstić information content (AvgIpc) is 2.63. The molecule has 24 heavy (non-hydrogen) atoms. The molecular formula is C19H29ClN2O2. The smallest absolute Gasteiger partial charge is 0.231 e. The summed E-state index contributed by atoms with van der Waals surface area (Å²) in [6.45, 7) is 4.12. The van der Waals surface area contributed by atoms with Gasteiger partial charge in [0.05, 0.1) is 12.0 Å². The maximum atomic E-state index is 13.1. The highest BCUT2D eigenvalue weighted by Crippen LogP contribution is 2.35. The topological polar surface area (TPSA) is 41.6 Å². The lowest BCUT2D eigenvalue weighted by Crippen LogP contribution is -2.53. The number of nitrogens with zero attached hydrogens (tertiary/aromatic N) is 1. The van der Waals surface area contributed by atoms with Crippen LogP contribution in [0.2, 0.25) is 0 Å². The second-order valence-electron chi connectivity index (χ2n) is 6.94. The first-order valence-corrected chi connectivity index (χ1v) is 8.79. The molecule has 0 aromatic heterocycles. The second-order valence-corrected chi connectivity index (χ2v) is 6.94. The standard InChI is InChI=1S/C19H28N2O2.ClH/c1-23-15-19(9-11-20-12-10-19)18(22)21-13-7-17(8-14-21)16-5-3-2-4-6-16;/h2-6,17,20H,7-15H2,1H3;1H. The van der Waals surface area contributed by atoms with E-state index < -0.39 is 0 Å². The number of piperidine rings is 2. The van der Waals surface area contributed by atoms with Crippen LogP contribution in [0.1, 0.15) is 37.2 Å². The number of nitrogens with one attached hydrogen (secondary N) is 1. The summed E-state index contributed by atoms with van der Waals surface area (Å²) >= 11 is 0. The Balaban J connectivity index is 0.00000208. The fraction of sp³-hybridized carbons (Fsp3) is 0.632. The van der Waals surface area contributed by atoms with Crippen molar-refractivity contribution < 1.29 is 9.53 Å². The van der Waals surface area contributed by atoms with Crippen LogP contribution in [-0.2, 0) is 9.53 Å². The van der Waals surface area contributed by atoms with E-state index in [1.165, 1.54) is 5.56 Å². The third-order valence-electron chi connectivity index (χ3n) is 5.49. The Labute approximate surface area is 151 Å². The van der Waals surface area contributed by atoms with Gasteiger partial charge in [0.15, 0.2) is 0 Å². The van der Waals surface area contributed by atoms with Crippen molar-refractivity contribution >= 4 is 18.3 Å². The minimum Gasteiger partial charge on any atom is -0.384 e. The molecular weight excluding hydrogens is 324 g/mol. The largest absolute Gasteiger partial charge is 0.384 e. The van der Waals surface area contributed by atoms with Gasteiger partial charge < -0.3 is 15.0 Å². The molecule has 1 N–H and O–H groups in total. The summed E-state index contributed by atoms with van der Waals surface area (Å²) in [4.78, 5) is 15.2. The van der Waals surface area contributed by atoms with Gasteiger partial charge in [-0.1, -0.05) is 30.3 Å². The second kappa shape index (κ2) is 8.84. The Kier molecular flexibility index (Phi) is 7.08. The van der Waals surface area contributed by atoms with Crippen LogP contribution in [0.25, 0.3) is 0 Å². The van der Waals surface area contributed by atoms with Crippen molar-refractivity contribution in [2.24, 2.45) is 5.41 Å². The molecule has 5 heteroatoms. The van der Waals surface area contributed by atoms with Crippen LogP contribution in [0.15, 0.2) is 30.3 Å². The highest BCUT2D eigenvalue weighted by Gasteiger charge is 2.42. The van der Waals surface area contributed by atoms with Gasteiger partial charge in [0.1, 0.15) is 0 Å². The van der Waals surface area contributed by atoms with Crippen molar-refractivity contribution in [3.8, 4) is 0 Å². The van der Waals surface area contributed by atoms with E-state index in [4.69, 9.17) is 4.74 Å². The molecule has 4 nitrogen and oxygen atoms in total. The number of rotatable bonds is 4.